The molecule has 0 spiro atoms. The van der Waals surface area contributed by atoms with E-state index >= 15 is 0 Å². The highest BCUT2D eigenvalue weighted by atomic mass is 15.1. The molecule has 1 N–H and O–H groups in total. The second-order valence-corrected chi connectivity index (χ2v) is 5.52. The summed E-state index contributed by atoms with van der Waals surface area (Å²) in [4.78, 5) is 4.66. The minimum atomic E-state index is 1.05. The number of benzene rings is 1. The van der Waals surface area contributed by atoms with Crippen molar-refractivity contribution < 1.29 is 0 Å². The topological polar surface area (TPSA) is 18.5 Å². The van der Waals surface area contributed by atoms with Crippen molar-refractivity contribution in [3.05, 3.63) is 29.3 Å². The van der Waals surface area contributed by atoms with E-state index in [1.807, 2.05) is 0 Å². The summed E-state index contributed by atoms with van der Waals surface area (Å²) in [5, 5.41) is 3.51. The number of nitrogens with zero attached hydrogens (tertiary/aromatic N) is 2. The number of anilines is 1. The smallest absolute Gasteiger partial charge is 0.0419 e. The molecular weight excluding hydrogens is 222 g/mol. The lowest BCUT2D eigenvalue weighted by Crippen LogP contribution is -2.23. The largest absolute Gasteiger partial charge is 0.384 e. The first-order valence-corrected chi connectivity index (χ1v) is 6.85. The third-order valence-electron chi connectivity index (χ3n) is 3.52. The van der Waals surface area contributed by atoms with Crippen LogP contribution < -0.4 is 5.32 Å². The van der Waals surface area contributed by atoms with Crippen molar-refractivity contribution in [2.45, 2.75) is 19.4 Å². The van der Waals surface area contributed by atoms with Gasteiger partial charge in [-0.15, -0.1) is 0 Å². The van der Waals surface area contributed by atoms with Crippen LogP contribution in [0.3, 0.4) is 0 Å². The summed E-state index contributed by atoms with van der Waals surface area (Å²) in [7, 11) is 6.48. The van der Waals surface area contributed by atoms with Crippen LogP contribution in [0.15, 0.2) is 18.2 Å². The highest BCUT2D eigenvalue weighted by molar-refractivity contribution is 5.61. The van der Waals surface area contributed by atoms with Crippen molar-refractivity contribution in [3.8, 4) is 0 Å². The Bertz CT molecular complexity index is 387. The molecule has 100 valence electrons. The van der Waals surface area contributed by atoms with Gasteiger partial charge in [-0.3, -0.25) is 0 Å². The van der Waals surface area contributed by atoms with Crippen LogP contribution >= 0.6 is 0 Å². The number of para-hydroxylation sites is 1. The third kappa shape index (κ3) is 3.47. The zero-order valence-electron chi connectivity index (χ0n) is 11.9. The summed E-state index contributed by atoms with van der Waals surface area (Å²) in [5.74, 6) is 0. The molecule has 1 aromatic rings. The van der Waals surface area contributed by atoms with E-state index in [4.69, 9.17) is 0 Å². The second kappa shape index (κ2) is 6.21. The van der Waals surface area contributed by atoms with Gasteiger partial charge in [-0.25, -0.2) is 0 Å². The first-order valence-electron chi connectivity index (χ1n) is 6.85. The van der Waals surface area contributed by atoms with E-state index in [2.05, 4.69) is 54.5 Å². The Morgan fingerprint density at radius 1 is 1.17 bits per heavy atom. The zero-order chi connectivity index (χ0) is 13.0. The van der Waals surface area contributed by atoms with Gasteiger partial charge in [-0.1, -0.05) is 18.2 Å². The van der Waals surface area contributed by atoms with Crippen LogP contribution in [0, 0.1) is 0 Å². The zero-order valence-corrected chi connectivity index (χ0v) is 11.9. The van der Waals surface area contributed by atoms with Crippen LogP contribution in [0.5, 0.6) is 0 Å². The molecule has 3 heteroatoms. The normalized spacial score (nSPS) is 14.1. The van der Waals surface area contributed by atoms with E-state index in [0.717, 1.165) is 26.2 Å². The summed E-state index contributed by atoms with van der Waals surface area (Å²) in [6.07, 6.45) is 2.40. The number of fused-ring (bicyclic) bond motifs is 1. The van der Waals surface area contributed by atoms with Gasteiger partial charge in [0, 0.05) is 18.8 Å². The van der Waals surface area contributed by atoms with Crippen molar-refractivity contribution in [3.63, 3.8) is 0 Å². The van der Waals surface area contributed by atoms with Crippen LogP contribution in [-0.2, 0) is 13.0 Å². The standard InChI is InChI=1S/C15H25N3/c1-17(2)10-5-11-18(3)12-14-7-4-6-13-8-9-16-15(13)14/h4,6-7,16H,5,8-12H2,1-3H3. The molecule has 3 nitrogen and oxygen atoms in total. The van der Waals surface area contributed by atoms with Gasteiger partial charge >= 0.3 is 0 Å². The molecule has 0 unspecified atom stereocenters. The van der Waals surface area contributed by atoms with E-state index in [-0.39, 0.29) is 0 Å². The Morgan fingerprint density at radius 2 is 2.00 bits per heavy atom. The number of hydrogen-bond donors (Lipinski definition) is 1. The molecule has 1 aliphatic heterocycles. The maximum Gasteiger partial charge on any atom is 0.0419 e. The van der Waals surface area contributed by atoms with Gasteiger partial charge in [0.1, 0.15) is 0 Å². The molecule has 0 aliphatic carbocycles. The molecule has 1 heterocycles. The lowest BCUT2D eigenvalue weighted by Gasteiger charge is -2.19. The molecule has 0 aromatic heterocycles. The van der Waals surface area contributed by atoms with Crippen LogP contribution in [0.4, 0.5) is 5.69 Å². The molecule has 1 aromatic carbocycles. The van der Waals surface area contributed by atoms with Crippen LogP contribution in [0.25, 0.3) is 0 Å². The van der Waals surface area contributed by atoms with Crippen molar-refractivity contribution in [1.29, 1.82) is 0 Å². The van der Waals surface area contributed by atoms with Crippen molar-refractivity contribution in [2.75, 3.05) is 46.1 Å². The fourth-order valence-corrected chi connectivity index (χ4v) is 2.57. The molecule has 18 heavy (non-hydrogen) atoms. The van der Waals surface area contributed by atoms with Crippen LogP contribution in [0.1, 0.15) is 17.5 Å². The monoisotopic (exact) mass is 247 g/mol. The average Bonchev–Trinajstić information content (AvgIpc) is 2.77. The van der Waals surface area contributed by atoms with E-state index in [0.29, 0.717) is 0 Å². The SMILES string of the molecule is CN(C)CCCN(C)Cc1cccc2c1NCC2. The molecule has 0 fully saturated rings. The molecule has 0 bridgehead atoms. The number of nitrogens with one attached hydrogen (secondary N) is 1. The minimum Gasteiger partial charge on any atom is -0.384 e. The Hall–Kier alpha value is -1.06. The molecule has 0 radical (unpaired) electrons. The van der Waals surface area contributed by atoms with Crippen molar-refractivity contribution in [2.24, 2.45) is 0 Å². The van der Waals surface area contributed by atoms with Gasteiger partial charge in [0.2, 0.25) is 0 Å². The van der Waals surface area contributed by atoms with Crippen LogP contribution in [0.2, 0.25) is 0 Å². The van der Waals surface area contributed by atoms with E-state index in [1.165, 1.54) is 29.7 Å². The van der Waals surface area contributed by atoms with E-state index in [1.54, 1.807) is 0 Å². The Balaban J connectivity index is 1.87. The molecule has 0 atom stereocenters. The molecule has 0 saturated heterocycles. The highest BCUT2D eigenvalue weighted by Gasteiger charge is 2.14. The Kier molecular flexibility index (Phi) is 4.61. The maximum atomic E-state index is 3.51. The fourth-order valence-electron chi connectivity index (χ4n) is 2.57. The second-order valence-electron chi connectivity index (χ2n) is 5.52. The molecule has 0 saturated carbocycles. The summed E-state index contributed by atoms with van der Waals surface area (Å²) >= 11 is 0. The first kappa shape index (κ1) is 13.4. The summed E-state index contributed by atoms with van der Waals surface area (Å²) in [6, 6.07) is 6.68. The molecule has 1 aliphatic rings. The van der Waals surface area contributed by atoms with Gasteiger partial charge in [-0.2, -0.15) is 0 Å². The van der Waals surface area contributed by atoms with Gasteiger partial charge < -0.3 is 15.1 Å². The van der Waals surface area contributed by atoms with Gasteiger partial charge in [-0.05, 0) is 58.2 Å². The Morgan fingerprint density at radius 3 is 2.78 bits per heavy atom. The van der Waals surface area contributed by atoms with Crippen molar-refractivity contribution >= 4 is 5.69 Å². The summed E-state index contributed by atoms with van der Waals surface area (Å²) in [6.45, 7) is 4.46. The van der Waals surface area contributed by atoms with Gasteiger partial charge in [0.05, 0.1) is 0 Å². The predicted octanol–water partition coefficient (Wildman–Crippen LogP) is 2.04. The number of hydrogen-bond acceptors (Lipinski definition) is 3. The lowest BCUT2D eigenvalue weighted by atomic mass is 10.1. The average molecular weight is 247 g/mol. The van der Waals surface area contributed by atoms with E-state index < -0.39 is 0 Å². The molecular formula is C15H25N3. The van der Waals surface area contributed by atoms with E-state index in [9.17, 15) is 0 Å². The highest BCUT2D eigenvalue weighted by Crippen LogP contribution is 2.27. The molecule has 0 amide bonds. The number of rotatable bonds is 6. The summed E-state index contributed by atoms with van der Waals surface area (Å²) < 4.78 is 0. The third-order valence-corrected chi connectivity index (χ3v) is 3.52. The maximum absolute atomic E-state index is 3.51. The summed E-state index contributed by atoms with van der Waals surface area (Å²) in [5.41, 5.74) is 4.31. The first-order chi connectivity index (χ1) is 8.66. The predicted molar refractivity (Wildman–Crippen MR) is 78.1 cm³/mol. The Labute approximate surface area is 111 Å². The van der Waals surface area contributed by atoms with Gasteiger partial charge in [0.25, 0.3) is 0 Å². The minimum absolute atomic E-state index is 1.05. The lowest BCUT2D eigenvalue weighted by molar-refractivity contribution is 0.295. The fraction of sp³-hybridized carbons (Fsp3) is 0.600. The van der Waals surface area contributed by atoms with Gasteiger partial charge in [0.15, 0.2) is 0 Å². The van der Waals surface area contributed by atoms with Crippen molar-refractivity contribution in [1.82, 2.24) is 9.80 Å². The molecule has 2 rings (SSSR count). The quantitative estimate of drug-likeness (QED) is 0.830. The van der Waals surface area contributed by atoms with Crippen LogP contribution in [-0.4, -0.2) is 50.6 Å².